The van der Waals surface area contributed by atoms with E-state index in [1.807, 2.05) is 0 Å². The smallest absolute Gasteiger partial charge is 0.350 e. The maximum atomic E-state index is 12.8. The van der Waals surface area contributed by atoms with E-state index < -0.39 is 23.7 Å². The van der Waals surface area contributed by atoms with Crippen LogP contribution in [0.5, 0.6) is 0 Å². The van der Waals surface area contributed by atoms with Gasteiger partial charge in [-0.15, -0.1) is 0 Å². The van der Waals surface area contributed by atoms with Crippen LogP contribution in [0.4, 0.5) is 13.2 Å². The van der Waals surface area contributed by atoms with Crippen molar-refractivity contribution in [1.29, 1.82) is 0 Å². The molecule has 0 aromatic carbocycles. The Morgan fingerprint density at radius 3 is 2.38 bits per heavy atom. The Morgan fingerprint density at radius 1 is 1.44 bits per heavy atom. The molecule has 16 heavy (non-hydrogen) atoms. The zero-order valence-electron chi connectivity index (χ0n) is 9.06. The van der Waals surface area contributed by atoms with Gasteiger partial charge in [-0.3, -0.25) is 5.84 Å². The Labute approximate surface area is 91.0 Å². The number of ether oxygens (including phenoxy) is 1. The molecule has 1 heterocycles. The van der Waals surface area contributed by atoms with Crippen LogP contribution in [0.1, 0.15) is 20.3 Å². The van der Waals surface area contributed by atoms with Gasteiger partial charge >= 0.3 is 6.18 Å². The fourth-order valence-electron chi connectivity index (χ4n) is 1.49. The molecule has 0 aliphatic carbocycles. The second kappa shape index (κ2) is 3.86. The van der Waals surface area contributed by atoms with Crippen LogP contribution < -0.4 is 17.1 Å². The summed E-state index contributed by atoms with van der Waals surface area (Å²) in [5.41, 5.74) is -1.33. The number of hydrogen-bond acceptors (Lipinski definition) is 5. The average Bonchev–Trinajstić information content (AvgIpc) is 2.16. The summed E-state index contributed by atoms with van der Waals surface area (Å²) in [6.07, 6.45) is -5.15. The zero-order chi connectivity index (χ0) is 12.6. The molecule has 5 nitrogen and oxygen atoms in total. The summed E-state index contributed by atoms with van der Waals surface area (Å²) in [7, 11) is 0. The van der Waals surface area contributed by atoms with Crippen molar-refractivity contribution >= 4 is 5.71 Å². The van der Waals surface area contributed by atoms with Crippen molar-refractivity contribution < 1.29 is 17.9 Å². The molecule has 8 heteroatoms. The number of nitrogens with one attached hydrogen (secondary N) is 1. The van der Waals surface area contributed by atoms with Crippen molar-refractivity contribution in [3.63, 3.8) is 0 Å². The molecule has 1 saturated heterocycles. The first-order chi connectivity index (χ1) is 7.18. The third kappa shape index (κ3) is 2.00. The number of alkyl halides is 3. The van der Waals surface area contributed by atoms with Gasteiger partial charge in [0.15, 0.2) is 0 Å². The normalized spacial score (nSPS) is 33.0. The number of rotatable bonds is 1. The maximum Gasteiger partial charge on any atom is 0.432 e. The molecule has 1 fully saturated rings. The van der Waals surface area contributed by atoms with Crippen molar-refractivity contribution in [3.8, 4) is 0 Å². The van der Waals surface area contributed by atoms with Gasteiger partial charge in [0.2, 0.25) is 5.72 Å². The molecule has 0 bridgehead atoms. The van der Waals surface area contributed by atoms with Gasteiger partial charge in [-0.05, 0) is 0 Å². The van der Waals surface area contributed by atoms with Crippen LogP contribution in [-0.2, 0) is 4.74 Å². The van der Waals surface area contributed by atoms with E-state index in [2.05, 4.69) is 5.10 Å². The third-order valence-corrected chi connectivity index (χ3v) is 2.72. The van der Waals surface area contributed by atoms with Crippen molar-refractivity contribution in [3.05, 3.63) is 0 Å². The number of nitrogens with two attached hydrogens (primary N) is 2. The van der Waals surface area contributed by atoms with Crippen LogP contribution in [0.3, 0.4) is 0 Å². The van der Waals surface area contributed by atoms with Crippen molar-refractivity contribution in [2.75, 3.05) is 6.61 Å². The molecule has 0 spiro atoms. The van der Waals surface area contributed by atoms with E-state index >= 15 is 0 Å². The predicted molar refractivity (Wildman–Crippen MR) is 52.1 cm³/mol. The molecule has 0 amide bonds. The zero-order valence-corrected chi connectivity index (χ0v) is 9.06. The highest BCUT2D eigenvalue weighted by molar-refractivity contribution is 5.91. The fourth-order valence-corrected chi connectivity index (χ4v) is 1.49. The molecule has 94 valence electrons. The third-order valence-electron chi connectivity index (χ3n) is 2.72. The Balaban J connectivity index is 3.04. The number of hydrazine groups is 1. The van der Waals surface area contributed by atoms with Gasteiger partial charge in [-0.25, -0.2) is 5.43 Å². The number of hydrazone groups is 1. The molecule has 1 aliphatic rings. The lowest BCUT2D eigenvalue weighted by Gasteiger charge is -2.44. The molecule has 1 rings (SSSR count). The van der Waals surface area contributed by atoms with Gasteiger partial charge in [0.1, 0.15) is 0 Å². The van der Waals surface area contributed by atoms with Gasteiger partial charge in [0.25, 0.3) is 0 Å². The minimum atomic E-state index is -4.63. The molecule has 0 saturated carbocycles. The highest BCUT2D eigenvalue weighted by atomic mass is 19.4. The van der Waals surface area contributed by atoms with E-state index in [9.17, 15) is 13.2 Å². The van der Waals surface area contributed by atoms with E-state index in [-0.39, 0.29) is 12.3 Å². The maximum absolute atomic E-state index is 12.8. The lowest BCUT2D eigenvalue weighted by atomic mass is 9.81. The number of hydrogen-bond donors (Lipinski definition) is 3. The summed E-state index contributed by atoms with van der Waals surface area (Å²) in [6.45, 7) is 3.25. The minimum absolute atomic E-state index is 0.160. The van der Waals surface area contributed by atoms with Gasteiger partial charge in [0.05, 0.1) is 12.3 Å². The number of nitrogens with zero attached hydrogens (tertiary/aromatic N) is 1. The fraction of sp³-hybridized carbons (Fsp3) is 0.875. The molecule has 0 aromatic rings. The van der Waals surface area contributed by atoms with Gasteiger partial charge < -0.3 is 10.6 Å². The first-order valence-corrected chi connectivity index (χ1v) is 4.64. The van der Waals surface area contributed by atoms with Gasteiger partial charge in [0, 0.05) is 11.8 Å². The lowest BCUT2D eigenvalue weighted by molar-refractivity contribution is -0.298. The van der Waals surface area contributed by atoms with Crippen LogP contribution in [0.15, 0.2) is 5.10 Å². The van der Waals surface area contributed by atoms with Crippen LogP contribution in [0.25, 0.3) is 0 Å². The monoisotopic (exact) mass is 240 g/mol. The SMILES string of the molecule is CC1(C)CO[C@@](NN)(C(F)(F)F)C/C1=N/N. The quantitative estimate of drug-likeness (QED) is 0.459. The summed E-state index contributed by atoms with van der Waals surface area (Å²) in [5.74, 6) is 10.0. The average molecular weight is 240 g/mol. The molecule has 1 aliphatic heterocycles. The highest BCUT2D eigenvalue weighted by Crippen LogP contribution is 2.41. The van der Waals surface area contributed by atoms with E-state index in [1.165, 1.54) is 0 Å². The molecule has 0 aromatic heterocycles. The summed E-state index contributed by atoms with van der Waals surface area (Å²) < 4.78 is 43.2. The Hall–Kier alpha value is -0.860. The van der Waals surface area contributed by atoms with E-state index in [1.54, 1.807) is 19.3 Å². The Bertz CT molecular complexity index is 302. The molecule has 5 N–H and O–H groups in total. The van der Waals surface area contributed by atoms with Crippen molar-refractivity contribution in [2.45, 2.75) is 32.2 Å². The van der Waals surface area contributed by atoms with Gasteiger partial charge in [-0.2, -0.15) is 18.3 Å². The minimum Gasteiger partial charge on any atom is -0.350 e. The van der Waals surface area contributed by atoms with Crippen LogP contribution in [0, 0.1) is 5.41 Å². The summed E-state index contributed by atoms with van der Waals surface area (Å²) in [6, 6.07) is 0. The number of halogens is 3. The second-order valence-electron chi connectivity index (χ2n) is 4.39. The van der Waals surface area contributed by atoms with E-state index in [0.717, 1.165) is 0 Å². The van der Waals surface area contributed by atoms with Crippen molar-refractivity contribution in [2.24, 2.45) is 22.2 Å². The largest absolute Gasteiger partial charge is 0.432 e. The molecule has 1 atom stereocenters. The first-order valence-electron chi connectivity index (χ1n) is 4.64. The molecule has 0 radical (unpaired) electrons. The van der Waals surface area contributed by atoms with Gasteiger partial charge in [-0.1, -0.05) is 13.8 Å². The molecule has 0 unspecified atom stereocenters. The van der Waals surface area contributed by atoms with Crippen LogP contribution in [-0.4, -0.2) is 24.2 Å². The lowest BCUT2D eigenvalue weighted by Crippen LogP contribution is -2.66. The van der Waals surface area contributed by atoms with Crippen LogP contribution >= 0.6 is 0 Å². The highest BCUT2D eigenvalue weighted by Gasteiger charge is 2.60. The topological polar surface area (TPSA) is 85.7 Å². The second-order valence-corrected chi connectivity index (χ2v) is 4.39. The summed E-state index contributed by atoms with van der Waals surface area (Å²) >= 11 is 0. The van der Waals surface area contributed by atoms with Crippen molar-refractivity contribution in [1.82, 2.24) is 5.43 Å². The summed E-state index contributed by atoms with van der Waals surface area (Å²) in [5, 5.41) is 3.40. The first kappa shape index (κ1) is 13.2. The predicted octanol–water partition coefficient (Wildman–Crippen LogP) is 0.470. The summed E-state index contributed by atoms with van der Waals surface area (Å²) in [4.78, 5) is 0. The standard InChI is InChI=1S/C8H15F3N4O/c1-6(2)4-16-7(15-13,8(9,10)11)3-5(6)14-12/h15H,3-4,12-13H2,1-2H3/b14-5-/t7-/m1/s1. The van der Waals surface area contributed by atoms with Crippen LogP contribution in [0.2, 0.25) is 0 Å². The Morgan fingerprint density at radius 2 is 2.00 bits per heavy atom. The molecular weight excluding hydrogens is 225 g/mol. The Kier molecular flexibility index (Phi) is 3.19. The molecular formula is C8H15F3N4O. The van der Waals surface area contributed by atoms with E-state index in [4.69, 9.17) is 16.4 Å². The van der Waals surface area contributed by atoms with E-state index in [0.29, 0.717) is 0 Å².